The maximum Gasteiger partial charge on any atom is 0.250 e. The number of aliphatic hydroxyl groups is 2. The van der Waals surface area contributed by atoms with Crippen molar-refractivity contribution in [3.8, 4) is 11.5 Å². The molecule has 0 bridgehead atoms. The Balaban J connectivity index is 1.61. The molecular formula is C28H34N2O7S. The van der Waals surface area contributed by atoms with Crippen LogP contribution in [0.4, 0.5) is 0 Å². The fourth-order valence-corrected chi connectivity index (χ4v) is 5.22. The van der Waals surface area contributed by atoms with Crippen LogP contribution in [0.1, 0.15) is 11.1 Å². The van der Waals surface area contributed by atoms with Crippen molar-refractivity contribution >= 4 is 15.7 Å². The van der Waals surface area contributed by atoms with Crippen molar-refractivity contribution in [2.45, 2.75) is 36.1 Å². The average molecular weight is 543 g/mol. The maximum absolute atomic E-state index is 12.7. The van der Waals surface area contributed by atoms with Crippen molar-refractivity contribution in [2.24, 2.45) is 0 Å². The minimum atomic E-state index is -3.95. The van der Waals surface area contributed by atoms with E-state index >= 15 is 0 Å². The van der Waals surface area contributed by atoms with E-state index < -0.39 is 39.7 Å². The SMILES string of the molecule is COc1cccc(CNC(Cc2ccccc2)[C@H](O)CNC(=O)C(O)CS(=O)(=O)c2cccc(OC)c2)c1. The molecule has 3 aromatic rings. The molecule has 0 aliphatic carbocycles. The molecule has 0 fully saturated rings. The van der Waals surface area contributed by atoms with Gasteiger partial charge >= 0.3 is 0 Å². The highest BCUT2D eigenvalue weighted by atomic mass is 32.2. The number of methoxy groups -OCH3 is 2. The van der Waals surface area contributed by atoms with Gasteiger partial charge in [0.2, 0.25) is 5.91 Å². The van der Waals surface area contributed by atoms with Crippen LogP contribution >= 0.6 is 0 Å². The van der Waals surface area contributed by atoms with Crippen molar-refractivity contribution in [3.05, 3.63) is 90.0 Å². The van der Waals surface area contributed by atoms with Gasteiger partial charge in [0.25, 0.3) is 0 Å². The molecule has 0 saturated heterocycles. The molecule has 38 heavy (non-hydrogen) atoms. The summed E-state index contributed by atoms with van der Waals surface area (Å²) >= 11 is 0. The molecule has 204 valence electrons. The van der Waals surface area contributed by atoms with Crippen LogP contribution in [-0.2, 0) is 27.6 Å². The Kier molecular flexibility index (Phi) is 10.7. The maximum atomic E-state index is 12.7. The van der Waals surface area contributed by atoms with Gasteiger partial charge in [-0.15, -0.1) is 0 Å². The van der Waals surface area contributed by atoms with Gasteiger partial charge in [0.1, 0.15) is 17.6 Å². The van der Waals surface area contributed by atoms with E-state index in [1.165, 1.54) is 25.3 Å². The number of rotatable bonds is 14. The summed E-state index contributed by atoms with van der Waals surface area (Å²) in [6, 6.07) is 22.5. The number of sulfone groups is 1. The second-order valence-electron chi connectivity index (χ2n) is 8.82. The summed E-state index contributed by atoms with van der Waals surface area (Å²) in [6.07, 6.45) is -2.35. The summed E-state index contributed by atoms with van der Waals surface area (Å²) in [6.45, 7) is 0.263. The summed E-state index contributed by atoms with van der Waals surface area (Å²) in [4.78, 5) is 12.5. The number of amides is 1. The van der Waals surface area contributed by atoms with Crippen LogP contribution in [-0.4, -0.2) is 69.3 Å². The molecule has 0 spiro atoms. The van der Waals surface area contributed by atoms with E-state index in [0.29, 0.717) is 18.7 Å². The van der Waals surface area contributed by atoms with Crippen molar-refractivity contribution in [1.82, 2.24) is 10.6 Å². The molecule has 10 heteroatoms. The zero-order valence-electron chi connectivity index (χ0n) is 21.4. The number of carbonyl (C=O) groups excluding carboxylic acids is 1. The van der Waals surface area contributed by atoms with Gasteiger partial charge in [-0.3, -0.25) is 4.79 Å². The molecule has 3 aromatic carbocycles. The summed E-state index contributed by atoms with van der Waals surface area (Å²) in [5, 5.41) is 27.0. The molecule has 0 saturated carbocycles. The second kappa shape index (κ2) is 13.9. The zero-order valence-corrected chi connectivity index (χ0v) is 22.2. The molecule has 0 aromatic heterocycles. The Morgan fingerprint density at radius 3 is 2.18 bits per heavy atom. The molecular weight excluding hydrogens is 508 g/mol. The number of benzene rings is 3. The number of nitrogens with one attached hydrogen (secondary N) is 2. The van der Waals surface area contributed by atoms with Crippen LogP contribution in [0.5, 0.6) is 11.5 Å². The van der Waals surface area contributed by atoms with Crippen molar-refractivity contribution in [2.75, 3.05) is 26.5 Å². The molecule has 9 nitrogen and oxygen atoms in total. The lowest BCUT2D eigenvalue weighted by atomic mass is 10.0. The van der Waals surface area contributed by atoms with Gasteiger partial charge in [0, 0.05) is 19.1 Å². The third kappa shape index (κ3) is 8.56. The van der Waals surface area contributed by atoms with Crippen LogP contribution in [0.25, 0.3) is 0 Å². The Hall–Kier alpha value is -3.44. The largest absolute Gasteiger partial charge is 0.497 e. The van der Waals surface area contributed by atoms with E-state index in [2.05, 4.69) is 10.6 Å². The third-order valence-electron chi connectivity index (χ3n) is 6.03. The first-order valence-corrected chi connectivity index (χ1v) is 13.8. The highest BCUT2D eigenvalue weighted by Crippen LogP contribution is 2.19. The minimum absolute atomic E-state index is 0.0617. The summed E-state index contributed by atoms with van der Waals surface area (Å²) < 4.78 is 35.6. The lowest BCUT2D eigenvalue weighted by molar-refractivity contribution is -0.128. The molecule has 0 aliphatic heterocycles. The number of carbonyl (C=O) groups is 1. The number of hydrogen-bond donors (Lipinski definition) is 4. The second-order valence-corrected chi connectivity index (χ2v) is 10.9. The average Bonchev–Trinajstić information content (AvgIpc) is 2.94. The Bertz CT molecular complexity index is 1290. The van der Waals surface area contributed by atoms with Crippen molar-refractivity contribution in [1.29, 1.82) is 0 Å². The standard InChI is InChI=1S/C28H34N2O7S/c1-36-22-11-6-10-21(14-22)17-29-25(15-20-8-4-3-5-9-20)26(31)18-30-28(33)27(32)19-38(34,35)24-13-7-12-23(16-24)37-2/h3-14,16,25-27,29,31-32H,15,17-19H2,1-2H3,(H,30,33)/t25?,26-,27?/m1/s1. The fraction of sp³-hybridized carbons (Fsp3) is 0.321. The van der Waals surface area contributed by atoms with E-state index in [-0.39, 0.29) is 11.4 Å². The topological polar surface area (TPSA) is 134 Å². The molecule has 4 N–H and O–H groups in total. The monoisotopic (exact) mass is 542 g/mol. The first-order chi connectivity index (χ1) is 18.2. The van der Waals surface area contributed by atoms with E-state index in [9.17, 15) is 23.4 Å². The third-order valence-corrected chi connectivity index (χ3v) is 7.76. The highest BCUT2D eigenvalue weighted by Gasteiger charge is 2.27. The van der Waals surface area contributed by atoms with Gasteiger partial charge in [-0.05, 0) is 47.9 Å². The molecule has 2 unspecified atom stereocenters. The van der Waals surface area contributed by atoms with Gasteiger partial charge < -0.3 is 30.3 Å². The normalized spacial score (nSPS) is 13.8. The highest BCUT2D eigenvalue weighted by molar-refractivity contribution is 7.91. The predicted octanol–water partition coefficient (Wildman–Crippen LogP) is 1.72. The van der Waals surface area contributed by atoms with E-state index in [1.807, 2.05) is 54.6 Å². The lowest BCUT2D eigenvalue weighted by Gasteiger charge is -2.25. The quantitative estimate of drug-likeness (QED) is 0.242. The molecule has 0 aliphatic rings. The summed E-state index contributed by atoms with van der Waals surface area (Å²) in [5.41, 5.74) is 1.95. The predicted molar refractivity (Wildman–Crippen MR) is 144 cm³/mol. The molecule has 3 rings (SSSR count). The zero-order chi connectivity index (χ0) is 27.5. The first-order valence-electron chi connectivity index (χ1n) is 12.1. The van der Waals surface area contributed by atoms with Gasteiger partial charge in [0.15, 0.2) is 9.84 Å². The molecule has 3 atom stereocenters. The fourth-order valence-electron chi connectivity index (χ4n) is 3.88. The molecule has 0 radical (unpaired) electrons. The summed E-state index contributed by atoms with van der Waals surface area (Å²) in [7, 11) is -0.950. The van der Waals surface area contributed by atoms with Crippen LogP contribution in [0.2, 0.25) is 0 Å². The Morgan fingerprint density at radius 1 is 0.868 bits per heavy atom. The Morgan fingerprint density at radius 2 is 1.50 bits per heavy atom. The minimum Gasteiger partial charge on any atom is -0.497 e. The van der Waals surface area contributed by atoms with E-state index in [4.69, 9.17) is 9.47 Å². The smallest absolute Gasteiger partial charge is 0.250 e. The lowest BCUT2D eigenvalue weighted by Crippen LogP contribution is -2.49. The number of ether oxygens (including phenoxy) is 2. The number of aliphatic hydroxyl groups excluding tert-OH is 2. The molecule has 1 amide bonds. The van der Waals surface area contributed by atoms with E-state index in [0.717, 1.165) is 16.9 Å². The van der Waals surface area contributed by atoms with Crippen molar-refractivity contribution < 1.29 is 32.9 Å². The van der Waals surface area contributed by atoms with Crippen LogP contribution in [0.15, 0.2) is 83.8 Å². The Labute approximate surface area is 223 Å². The summed E-state index contributed by atoms with van der Waals surface area (Å²) in [5.74, 6) is -0.626. The number of hydrogen-bond acceptors (Lipinski definition) is 8. The molecule has 0 heterocycles. The van der Waals surface area contributed by atoms with Gasteiger partial charge in [-0.2, -0.15) is 0 Å². The van der Waals surface area contributed by atoms with Crippen LogP contribution in [0, 0.1) is 0 Å². The van der Waals surface area contributed by atoms with Gasteiger partial charge in [-0.25, -0.2) is 8.42 Å². The van der Waals surface area contributed by atoms with Gasteiger partial charge in [-0.1, -0.05) is 48.5 Å². The van der Waals surface area contributed by atoms with Crippen LogP contribution in [0.3, 0.4) is 0 Å². The van der Waals surface area contributed by atoms with E-state index in [1.54, 1.807) is 13.2 Å². The first kappa shape index (κ1) is 29.1. The van der Waals surface area contributed by atoms with Crippen LogP contribution < -0.4 is 20.1 Å². The van der Waals surface area contributed by atoms with Gasteiger partial charge in [0.05, 0.1) is 31.0 Å². The van der Waals surface area contributed by atoms with Crippen molar-refractivity contribution in [3.63, 3.8) is 0 Å².